The van der Waals surface area contributed by atoms with Gasteiger partial charge in [-0.3, -0.25) is 0 Å². The number of para-hydroxylation sites is 1. The zero-order valence-corrected chi connectivity index (χ0v) is 12.2. The maximum Gasteiger partial charge on any atom is 0.119 e. The van der Waals surface area contributed by atoms with Crippen LogP contribution in [0.15, 0.2) is 30.3 Å². The van der Waals surface area contributed by atoms with Crippen LogP contribution in [0.25, 0.3) is 0 Å². The predicted octanol–water partition coefficient (Wildman–Crippen LogP) is 3.97. The van der Waals surface area contributed by atoms with E-state index in [9.17, 15) is 0 Å². The van der Waals surface area contributed by atoms with Crippen molar-refractivity contribution in [2.75, 3.05) is 26.2 Å². The Kier molecular flexibility index (Phi) is 6.22. The highest BCUT2D eigenvalue weighted by Crippen LogP contribution is 2.19. The van der Waals surface area contributed by atoms with Crippen LogP contribution in [0.3, 0.4) is 0 Å². The molecule has 0 radical (unpaired) electrons. The van der Waals surface area contributed by atoms with Gasteiger partial charge >= 0.3 is 0 Å². The Balaban J connectivity index is 1.61. The molecule has 1 saturated heterocycles. The quantitative estimate of drug-likeness (QED) is 0.689. The Hall–Kier alpha value is -1.02. The monoisotopic (exact) mass is 261 g/mol. The molecule has 0 N–H and O–H groups in total. The fraction of sp³-hybridized carbons (Fsp3) is 0.647. The predicted molar refractivity (Wildman–Crippen MR) is 80.6 cm³/mol. The number of piperidine rings is 1. The van der Waals surface area contributed by atoms with Crippen molar-refractivity contribution in [3.8, 4) is 5.75 Å². The number of hydrogen-bond acceptors (Lipinski definition) is 2. The van der Waals surface area contributed by atoms with Crippen LogP contribution in [0.2, 0.25) is 0 Å². The maximum absolute atomic E-state index is 5.86. The van der Waals surface area contributed by atoms with Gasteiger partial charge in [0.05, 0.1) is 6.61 Å². The molecule has 0 aliphatic carbocycles. The van der Waals surface area contributed by atoms with Gasteiger partial charge in [-0.25, -0.2) is 0 Å². The first kappa shape index (κ1) is 14.4. The summed E-state index contributed by atoms with van der Waals surface area (Å²) in [5.74, 6) is 1.75. The molecule has 1 aliphatic rings. The van der Waals surface area contributed by atoms with E-state index >= 15 is 0 Å². The summed E-state index contributed by atoms with van der Waals surface area (Å²) in [6.45, 7) is 6.96. The summed E-state index contributed by atoms with van der Waals surface area (Å²) in [7, 11) is 0. The van der Waals surface area contributed by atoms with Crippen LogP contribution in [0.5, 0.6) is 5.75 Å². The van der Waals surface area contributed by atoms with Crippen LogP contribution < -0.4 is 4.74 Å². The van der Waals surface area contributed by atoms with E-state index in [0.29, 0.717) is 0 Å². The van der Waals surface area contributed by atoms with Crippen LogP contribution in [0.4, 0.5) is 0 Å². The molecule has 0 spiro atoms. The Labute approximate surface area is 117 Å². The smallest absolute Gasteiger partial charge is 0.119 e. The van der Waals surface area contributed by atoms with Crippen molar-refractivity contribution in [3.05, 3.63) is 30.3 Å². The van der Waals surface area contributed by atoms with Gasteiger partial charge in [0.2, 0.25) is 0 Å². The molecule has 1 aliphatic heterocycles. The normalized spacial score (nSPS) is 17.5. The molecule has 2 heteroatoms. The summed E-state index contributed by atoms with van der Waals surface area (Å²) < 4.78 is 5.86. The lowest BCUT2D eigenvalue weighted by Crippen LogP contribution is -2.36. The number of likely N-dealkylation sites (tertiary alicyclic amines) is 1. The van der Waals surface area contributed by atoms with E-state index in [4.69, 9.17) is 4.74 Å². The van der Waals surface area contributed by atoms with Crippen LogP contribution >= 0.6 is 0 Å². The van der Waals surface area contributed by atoms with E-state index in [1.807, 2.05) is 30.3 Å². The van der Waals surface area contributed by atoms with Crippen LogP contribution in [0, 0.1) is 5.92 Å². The van der Waals surface area contributed by atoms with E-state index in [1.165, 1.54) is 51.7 Å². The highest BCUT2D eigenvalue weighted by Gasteiger charge is 2.19. The first-order valence-corrected chi connectivity index (χ1v) is 7.78. The van der Waals surface area contributed by atoms with Gasteiger partial charge in [-0.05, 0) is 56.9 Å². The number of nitrogens with zero attached hydrogens (tertiary/aromatic N) is 1. The van der Waals surface area contributed by atoms with Crippen LogP contribution in [0.1, 0.15) is 39.0 Å². The molecule has 0 aromatic heterocycles. The molecule has 19 heavy (non-hydrogen) atoms. The number of ether oxygens (including phenoxy) is 1. The lowest BCUT2D eigenvalue weighted by atomic mass is 9.97. The first-order chi connectivity index (χ1) is 9.38. The molecule has 0 bridgehead atoms. The molecule has 2 rings (SSSR count). The first-order valence-electron chi connectivity index (χ1n) is 7.78. The van der Waals surface area contributed by atoms with Crippen molar-refractivity contribution in [1.29, 1.82) is 0 Å². The van der Waals surface area contributed by atoms with Crippen LogP contribution in [-0.2, 0) is 0 Å². The second-order valence-electron chi connectivity index (χ2n) is 5.62. The van der Waals surface area contributed by atoms with Gasteiger partial charge < -0.3 is 9.64 Å². The third-order valence-electron chi connectivity index (χ3n) is 4.01. The molecule has 0 atom stereocenters. The summed E-state index contributed by atoms with van der Waals surface area (Å²) in [5, 5.41) is 0. The topological polar surface area (TPSA) is 12.5 Å². The van der Waals surface area contributed by atoms with E-state index in [0.717, 1.165) is 18.3 Å². The Morgan fingerprint density at radius 1 is 1.11 bits per heavy atom. The summed E-state index contributed by atoms with van der Waals surface area (Å²) >= 11 is 0. The Bertz CT molecular complexity index is 330. The van der Waals surface area contributed by atoms with Crippen molar-refractivity contribution in [2.24, 2.45) is 5.92 Å². The summed E-state index contributed by atoms with van der Waals surface area (Å²) in [4.78, 5) is 2.62. The molecule has 1 fully saturated rings. The van der Waals surface area contributed by atoms with Crippen LogP contribution in [-0.4, -0.2) is 31.1 Å². The molecule has 1 aromatic carbocycles. The van der Waals surface area contributed by atoms with E-state index in [1.54, 1.807) is 0 Å². The highest BCUT2D eigenvalue weighted by atomic mass is 16.5. The molecule has 1 heterocycles. The van der Waals surface area contributed by atoms with Gasteiger partial charge in [-0.2, -0.15) is 0 Å². The molecule has 0 unspecified atom stereocenters. The zero-order valence-electron chi connectivity index (χ0n) is 12.2. The largest absolute Gasteiger partial charge is 0.493 e. The van der Waals surface area contributed by atoms with Crippen molar-refractivity contribution < 1.29 is 4.74 Å². The Morgan fingerprint density at radius 3 is 2.53 bits per heavy atom. The van der Waals surface area contributed by atoms with E-state index < -0.39 is 0 Å². The van der Waals surface area contributed by atoms with E-state index in [2.05, 4.69) is 11.8 Å². The molecule has 0 amide bonds. The molecule has 106 valence electrons. The minimum absolute atomic E-state index is 0.739. The average Bonchev–Trinajstić information content (AvgIpc) is 2.48. The fourth-order valence-electron chi connectivity index (χ4n) is 2.69. The number of rotatable bonds is 7. The van der Waals surface area contributed by atoms with Gasteiger partial charge in [0, 0.05) is 0 Å². The average molecular weight is 261 g/mol. The Morgan fingerprint density at radius 2 is 1.84 bits per heavy atom. The minimum Gasteiger partial charge on any atom is -0.493 e. The third kappa shape index (κ3) is 5.23. The standard InChI is InChI=1S/C17H27NO/c1-2-3-7-12-18-13-10-16(11-14-18)15-19-17-8-5-4-6-9-17/h4-6,8-9,16H,2-3,7,10-15H2,1H3. The zero-order chi connectivity index (χ0) is 13.3. The summed E-state index contributed by atoms with van der Waals surface area (Å²) in [5.41, 5.74) is 0. The number of hydrogen-bond donors (Lipinski definition) is 0. The minimum atomic E-state index is 0.739. The van der Waals surface area contributed by atoms with Crippen molar-refractivity contribution in [1.82, 2.24) is 4.90 Å². The molecule has 2 nitrogen and oxygen atoms in total. The molecule has 0 saturated carbocycles. The SMILES string of the molecule is CCCCCN1CCC(COc2ccccc2)CC1. The van der Waals surface area contributed by atoms with Gasteiger partial charge in [0.1, 0.15) is 5.75 Å². The summed E-state index contributed by atoms with van der Waals surface area (Å²) in [6.07, 6.45) is 6.64. The van der Waals surface area contributed by atoms with Crippen molar-refractivity contribution in [3.63, 3.8) is 0 Å². The van der Waals surface area contributed by atoms with Crippen molar-refractivity contribution >= 4 is 0 Å². The van der Waals surface area contributed by atoms with Gasteiger partial charge in [-0.1, -0.05) is 38.0 Å². The lowest BCUT2D eigenvalue weighted by molar-refractivity contribution is 0.140. The summed E-state index contributed by atoms with van der Waals surface area (Å²) in [6, 6.07) is 10.2. The fourth-order valence-corrected chi connectivity index (χ4v) is 2.69. The second kappa shape index (κ2) is 8.21. The third-order valence-corrected chi connectivity index (χ3v) is 4.01. The lowest BCUT2D eigenvalue weighted by Gasteiger charge is -2.31. The maximum atomic E-state index is 5.86. The second-order valence-corrected chi connectivity index (χ2v) is 5.62. The van der Waals surface area contributed by atoms with E-state index in [-0.39, 0.29) is 0 Å². The number of benzene rings is 1. The highest BCUT2D eigenvalue weighted by molar-refractivity contribution is 5.20. The van der Waals surface area contributed by atoms with Gasteiger partial charge in [-0.15, -0.1) is 0 Å². The number of unbranched alkanes of at least 4 members (excludes halogenated alkanes) is 2. The molecular weight excluding hydrogens is 234 g/mol. The molecule has 1 aromatic rings. The van der Waals surface area contributed by atoms with Crippen molar-refractivity contribution in [2.45, 2.75) is 39.0 Å². The molecular formula is C17H27NO. The van der Waals surface area contributed by atoms with Gasteiger partial charge in [0.15, 0.2) is 0 Å². The van der Waals surface area contributed by atoms with Gasteiger partial charge in [0.25, 0.3) is 0 Å².